The van der Waals surface area contributed by atoms with Crippen molar-refractivity contribution >= 4 is 11.4 Å². The summed E-state index contributed by atoms with van der Waals surface area (Å²) in [6.07, 6.45) is 13.2. The van der Waals surface area contributed by atoms with Crippen molar-refractivity contribution in [3.05, 3.63) is 46.5 Å². The van der Waals surface area contributed by atoms with Crippen molar-refractivity contribution in [3.63, 3.8) is 0 Å². The molecule has 0 aliphatic carbocycles. The van der Waals surface area contributed by atoms with E-state index in [1.54, 1.807) is 14.2 Å². The van der Waals surface area contributed by atoms with E-state index < -0.39 is 0 Å². The van der Waals surface area contributed by atoms with E-state index in [4.69, 9.17) is 18.9 Å². The zero-order valence-corrected chi connectivity index (χ0v) is 27.8. The van der Waals surface area contributed by atoms with Crippen LogP contribution in [0.5, 0.6) is 11.5 Å². The Balaban J connectivity index is 2.96. The molecule has 0 saturated heterocycles. The molecule has 0 aliphatic rings. The molecule has 0 aromatic heterocycles. The highest BCUT2D eigenvalue weighted by Gasteiger charge is 2.32. The number of hydrogen-bond acceptors (Lipinski definition) is 5. The fraction of sp³-hybridized carbons (Fsp3) is 0.667. The number of anilines is 2. The quantitative estimate of drug-likeness (QED) is 0.148. The smallest absolute Gasteiger partial charge is 0.188 e. The van der Waals surface area contributed by atoms with Gasteiger partial charge in [0.05, 0.1) is 11.4 Å². The molecule has 0 N–H and O–H groups in total. The zero-order chi connectivity index (χ0) is 30.3. The third kappa shape index (κ3) is 10.5. The average Bonchev–Trinajstić information content (AvgIpc) is 2.94. The van der Waals surface area contributed by atoms with Gasteiger partial charge in [0.1, 0.15) is 11.5 Å². The molecule has 0 amide bonds. The second-order valence-corrected chi connectivity index (χ2v) is 12.2. The van der Waals surface area contributed by atoms with E-state index in [9.17, 15) is 0 Å². The molecule has 0 heterocycles. The largest absolute Gasteiger partial charge is 0.465 e. The van der Waals surface area contributed by atoms with E-state index in [-0.39, 0.29) is 19.1 Å². The van der Waals surface area contributed by atoms with Gasteiger partial charge < -0.3 is 23.8 Å². The second kappa shape index (κ2) is 18.3. The van der Waals surface area contributed by atoms with Gasteiger partial charge in [-0.25, -0.2) is 0 Å². The highest BCUT2D eigenvalue weighted by Crippen LogP contribution is 2.47. The van der Waals surface area contributed by atoms with Gasteiger partial charge in [-0.1, -0.05) is 65.5 Å². The number of unbranched alkanes of at least 4 members (excludes halogenated alkanes) is 4. The highest BCUT2D eigenvalue weighted by molar-refractivity contribution is 5.78. The van der Waals surface area contributed by atoms with Gasteiger partial charge >= 0.3 is 0 Å². The standard InChI is InChI=1S/C36H59NO4/c1-10-14-18-28-22-30(20-16-12-3)34(40-26-38-8)32(24-28)37(36(5,6)7)33-25-29(19-15-11-2)23-31(21-17-13-4)35(33)41-27-39-9/h22-25H,10-21,26-27H2,1-9H3. The molecule has 5 heteroatoms. The van der Waals surface area contributed by atoms with Crippen molar-refractivity contribution in [2.45, 2.75) is 131 Å². The molecule has 0 radical (unpaired) electrons. The zero-order valence-electron chi connectivity index (χ0n) is 27.8. The molecule has 0 spiro atoms. The molecule has 0 unspecified atom stereocenters. The lowest BCUT2D eigenvalue weighted by molar-refractivity contribution is 0.0500. The molecule has 0 saturated carbocycles. The van der Waals surface area contributed by atoms with Crippen LogP contribution in [-0.4, -0.2) is 33.3 Å². The number of nitrogens with zero attached hydrogens (tertiary/aromatic N) is 1. The summed E-state index contributed by atoms with van der Waals surface area (Å²) in [7, 11) is 3.38. The van der Waals surface area contributed by atoms with Gasteiger partial charge in [0, 0.05) is 19.8 Å². The van der Waals surface area contributed by atoms with Crippen LogP contribution in [0.25, 0.3) is 0 Å². The molecule has 0 atom stereocenters. The van der Waals surface area contributed by atoms with Gasteiger partial charge in [0.2, 0.25) is 0 Å². The van der Waals surface area contributed by atoms with Crippen LogP contribution in [0.15, 0.2) is 24.3 Å². The van der Waals surface area contributed by atoms with Crippen molar-refractivity contribution in [1.82, 2.24) is 0 Å². The Morgan fingerprint density at radius 2 is 0.927 bits per heavy atom. The molecule has 0 aliphatic heterocycles. The molecule has 2 aromatic carbocycles. The maximum Gasteiger partial charge on any atom is 0.188 e. The summed E-state index contributed by atoms with van der Waals surface area (Å²) in [4.78, 5) is 2.46. The summed E-state index contributed by atoms with van der Waals surface area (Å²) in [5, 5.41) is 0. The van der Waals surface area contributed by atoms with Crippen LogP contribution < -0.4 is 14.4 Å². The molecular formula is C36H59NO4. The van der Waals surface area contributed by atoms with Gasteiger partial charge in [-0.05, 0) is 107 Å². The van der Waals surface area contributed by atoms with Crippen LogP contribution >= 0.6 is 0 Å². The summed E-state index contributed by atoms with van der Waals surface area (Å²) in [6, 6.07) is 9.44. The molecule has 5 nitrogen and oxygen atoms in total. The van der Waals surface area contributed by atoms with E-state index >= 15 is 0 Å². The van der Waals surface area contributed by atoms with Crippen LogP contribution in [-0.2, 0) is 35.2 Å². The van der Waals surface area contributed by atoms with Gasteiger partial charge in [-0.3, -0.25) is 0 Å². The predicted molar refractivity (Wildman–Crippen MR) is 174 cm³/mol. The Morgan fingerprint density at radius 3 is 1.24 bits per heavy atom. The Labute approximate surface area is 251 Å². The highest BCUT2D eigenvalue weighted by atomic mass is 16.7. The normalized spacial score (nSPS) is 11.6. The number of aryl methyl sites for hydroxylation is 4. The maximum atomic E-state index is 6.45. The Kier molecular flexibility index (Phi) is 15.6. The molecule has 232 valence electrons. The first-order chi connectivity index (χ1) is 19.7. The van der Waals surface area contributed by atoms with E-state index in [2.05, 4.69) is 77.6 Å². The third-order valence-corrected chi connectivity index (χ3v) is 7.44. The van der Waals surface area contributed by atoms with Gasteiger partial charge in [0.15, 0.2) is 13.6 Å². The lowest BCUT2D eigenvalue weighted by Crippen LogP contribution is -2.38. The van der Waals surface area contributed by atoms with Crippen LogP contribution in [0.1, 0.15) is 122 Å². The van der Waals surface area contributed by atoms with Crippen molar-refractivity contribution in [1.29, 1.82) is 0 Å². The second-order valence-electron chi connectivity index (χ2n) is 12.2. The molecule has 2 aromatic rings. The monoisotopic (exact) mass is 569 g/mol. The molecule has 2 rings (SSSR count). The Hall–Kier alpha value is -2.24. The first kappa shape index (κ1) is 35.0. The van der Waals surface area contributed by atoms with Crippen LogP contribution in [0.3, 0.4) is 0 Å². The molecule has 41 heavy (non-hydrogen) atoms. The first-order valence-electron chi connectivity index (χ1n) is 16.1. The third-order valence-electron chi connectivity index (χ3n) is 7.44. The Morgan fingerprint density at radius 1 is 0.561 bits per heavy atom. The average molecular weight is 570 g/mol. The molecule has 0 fully saturated rings. The van der Waals surface area contributed by atoms with Crippen LogP contribution in [0, 0.1) is 0 Å². The fourth-order valence-corrected chi connectivity index (χ4v) is 5.38. The maximum absolute atomic E-state index is 6.45. The summed E-state index contributed by atoms with van der Waals surface area (Å²) in [5.41, 5.74) is 7.16. The fourth-order valence-electron chi connectivity index (χ4n) is 5.38. The number of benzene rings is 2. The van der Waals surface area contributed by atoms with Gasteiger partial charge in [0.25, 0.3) is 0 Å². The SMILES string of the molecule is CCCCc1cc(CCCC)c(OCOC)c(N(c2cc(CCCC)cc(CCCC)c2OCOC)C(C)(C)C)c1. The van der Waals surface area contributed by atoms with E-state index in [0.717, 1.165) is 87.1 Å². The topological polar surface area (TPSA) is 40.2 Å². The van der Waals surface area contributed by atoms with Gasteiger partial charge in [-0.2, -0.15) is 0 Å². The van der Waals surface area contributed by atoms with E-state index in [1.165, 1.54) is 35.1 Å². The molecular weight excluding hydrogens is 510 g/mol. The summed E-state index contributed by atoms with van der Waals surface area (Å²) in [5.74, 6) is 1.84. The minimum absolute atomic E-state index is 0.212. The number of hydrogen-bond donors (Lipinski definition) is 0. The van der Waals surface area contributed by atoms with Gasteiger partial charge in [-0.15, -0.1) is 0 Å². The predicted octanol–water partition coefficient (Wildman–Crippen LogP) is 9.96. The Bertz CT molecular complexity index is 952. The molecule has 0 bridgehead atoms. The number of ether oxygens (including phenoxy) is 4. The van der Waals surface area contributed by atoms with Crippen LogP contribution in [0.2, 0.25) is 0 Å². The van der Waals surface area contributed by atoms with Crippen molar-refractivity contribution in [2.24, 2.45) is 0 Å². The minimum atomic E-state index is -0.257. The lowest BCUT2D eigenvalue weighted by Gasteiger charge is -2.40. The first-order valence-corrected chi connectivity index (χ1v) is 16.1. The summed E-state index contributed by atoms with van der Waals surface area (Å²) in [6.45, 7) is 16.3. The van der Waals surface area contributed by atoms with E-state index in [0.29, 0.717) is 0 Å². The summed E-state index contributed by atoms with van der Waals surface area (Å²) >= 11 is 0. The van der Waals surface area contributed by atoms with Crippen molar-refractivity contribution < 1.29 is 18.9 Å². The minimum Gasteiger partial charge on any atom is -0.465 e. The number of rotatable bonds is 20. The lowest BCUT2D eigenvalue weighted by atomic mass is 9.94. The van der Waals surface area contributed by atoms with Crippen LogP contribution in [0.4, 0.5) is 11.4 Å². The van der Waals surface area contributed by atoms with Crippen molar-refractivity contribution in [3.8, 4) is 11.5 Å². The van der Waals surface area contributed by atoms with E-state index in [1.807, 2.05) is 0 Å². The number of methoxy groups -OCH3 is 2. The van der Waals surface area contributed by atoms with Crippen molar-refractivity contribution in [2.75, 3.05) is 32.7 Å². The summed E-state index contributed by atoms with van der Waals surface area (Å²) < 4.78 is 23.8.